The van der Waals surface area contributed by atoms with E-state index < -0.39 is 0 Å². The van der Waals surface area contributed by atoms with Crippen molar-refractivity contribution >= 4 is 12.6 Å². The average Bonchev–Trinajstić information content (AvgIpc) is 1.35. The van der Waals surface area contributed by atoms with Crippen LogP contribution in [0.3, 0.4) is 0 Å². The summed E-state index contributed by atoms with van der Waals surface area (Å²) in [4.78, 5) is 0. The molecular weight excluding hydrogens is 96.1 g/mol. The first kappa shape index (κ1) is 6.27. The fraction of sp³-hybridized carbons (Fsp3) is 1.00. The number of thiol groups is 1. The molecule has 6 heavy (non-hydrogen) atoms. The normalized spacial score (nSPS) is 10.0. The summed E-state index contributed by atoms with van der Waals surface area (Å²) in [6.45, 7) is 0. The minimum atomic E-state index is -0.178. The Balaban J connectivity index is 2.63. The van der Waals surface area contributed by atoms with Gasteiger partial charge in [-0.15, -0.1) is 0 Å². The molecule has 0 unspecified atom stereocenters. The van der Waals surface area contributed by atoms with E-state index >= 15 is 0 Å². The topological polar surface area (TPSA) is 52.0 Å². The molecule has 0 radical (unpaired) electrons. The third-order valence-electron chi connectivity index (χ3n) is 0.462. The Labute approximate surface area is 43.3 Å². The van der Waals surface area contributed by atoms with Gasteiger partial charge in [0.15, 0.2) is 0 Å². The van der Waals surface area contributed by atoms with Crippen molar-refractivity contribution in [2.75, 3.05) is 5.75 Å². The Hall–Kier alpha value is 0.270. The Morgan fingerprint density at radius 2 is 2.00 bits per heavy atom. The van der Waals surface area contributed by atoms with Crippen molar-refractivity contribution in [3.8, 4) is 0 Å². The van der Waals surface area contributed by atoms with Crippen molar-refractivity contribution in [3.63, 3.8) is 0 Å². The molecule has 38 valence electrons. The first-order valence-electron chi connectivity index (χ1n) is 1.89. The molecule has 0 aliphatic heterocycles. The second-order valence-corrected chi connectivity index (χ2v) is 1.62. The molecule has 0 saturated carbocycles. The van der Waals surface area contributed by atoms with Gasteiger partial charge in [0, 0.05) is 0 Å². The molecular formula is C3H10N2S. The molecule has 0 aliphatic carbocycles. The highest BCUT2D eigenvalue weighted by molar-refractivity contribution is 7.80. The van der Waals surface area contributed by atoms with Crippen LogP contribution in [-0.4, -0.2) is 11.9 Å². The lowest BCUT2D eigenvalue weighted by Gasteiger charge is -1.97. The van der Waals surface area contributed by atoms with Gasteiger partial charge in [0.1, 0.15) is 0 Å². The van der Waals surface area contributed by atoms with Crippen LogP contribution >= 0.6 is 12.6 Å². The molecule has 2 nitrogen and oxygen atoms in total. The molecule has 0 aromatic carbocycles. The Bertz CT molecular complexity index is 30.0. The highest BCUT2D eigenvalue weighted by Crippen LogP contribution is 1.80. The van der Waals surface area contributed by atoms with Crippen molar-refractivity contribution in [1.29, 1.82) is 0 Å². The zero-order valence-electron chi connectivity index (χ0n) is 3.59. The van der Waals surface area contributed by atoms with Gasteiger partial charge >= 0.3 is 0 Å². The molecule has 0 atom stereocenters. The Morgan fingerprint density at radius 3 is 2.00 bits per heavy atom. The van der Waals surface area contributed by atoms with Crippen LogP contribution in [0, 0.1) is 0 Å². The molecule has 3 heteroatoms. The van der Waals surface area contributed by atoms with Crippen LogP contribution in [0.2, 0.25) is 0 Å². The second-order valence-electron chi connectivity index (χ2n) is 1.18. The van der Waals surface area contributed by atoms with Crippen molar-refractivity contribution in [2.45, 2.75) is 12.6 Å². The van der Waals surface area contributed by atoms with Gasteiger partial charge in [-0.05, 0) is 12.2 Å². The van der Waals surface area contributed by atoms with Crippen molar-refractivity contribution in [3.05, 3.63) is 0 Å². The van der Waals surface area contributed by atoms with Crippen LogP contribution < -0.4 is 11.5 Å². The lowest BCUT2D eigenvalue weighted by molar-refractivity contribution is 0.689. The molecule has 0 saturated heterocycles. The molecule has 4 N–H and O–H groups in total. The van der Waals surface area contributed by atoms with Crippen LogP contribution in [0.25, 0.3) is 0 Å². The summed E-state index contributed by atoms with van der Waals surface area (Å²) in [5, 5.41) is 0. The Kier molecular flexibility index (Phi) is 3.62. The maximum absolute atomic E-state index is 5.13. The van der Waals surface area contributed by atoms with Crippen molar-refractivity contribution in [1.82, 2.24) is 0 Å². The molecule has 0 heterocycles. The van der Waals surface area contributed by atoms with Gasteiger partial charge in [-0.2, -0.15) is 12.6 Å². The molecule has 0 rings (SSSR count). The van der Waals surface area contributed by atoms with E-state index in [2.05, 4.69) is 12.6 Å². The first-order valence-corrected chi connectivity index (χ1v) is 2.52. The van der Waals surface area contributed by atoms with E-state index in [4.69, 9.17) is 11.5 Å². The molecule has 0 bridgehead atoms. The predicted molar refractivity (Wildman–Crippen MR) is 30.6 cm³/mol. The summed E-state index contributed by atoms with van der Waals surface area (Å²) in [5.74, 6) is 0.775. The highest BCUT2D eigenvalue weighted by Gasteiger charge is 1.86. The quantitative estimate of drug-likeness (QED) is 0.330. The van der Waals surface area contributed by atoms with Gasteiger partial charge in [0.05, 0.1) is 6.17 Å². The lowest BCUT2D eigenvalue weighted by atomic mass is 10.4. The fourth-order valence-electron chi connectivity index (χ4n) is 0.149. The molecule has 0 aromatic rings. The van der Waals surface area contributed by atoms with Crippen LogP contribution in [0.4, 0.5) is 0 Å². The van der Waals surface area contributed by atoms with E-state index in [0.717, 1.165) is 12.2 Å². The van der Waals surface area contributed by atoms with E-state index in [9.17, 15) is 0 Å². The van der Waals surface area contributed by atoms with Gasteiger partial charge < -0.3 is 11.5 Å². The molecule has 0 spiro atoms. The van der Waals surface area contributed by atoms with Gasteiger partial charge in [-0.1, -0.05) is 0 Å². The summed E-state index contributed by atoms with van der Waals surface area (Å²) in [6.07, 6.45) is 0.617. The van der Waals surface area contributed by atoms with Crippen LogP contribution in [0.1, 0.15) is 6.42 Å². The van der Waals surface area contributed by atoms with Crippen molar-refractivity contribution < 1.29 is 0 Å². The van der Waals surface area contributed by atoms with E-state index in [1.807, 2.05) is 0 Å². The van der Waals surface area contributed by atoms with Crippen LogP contribution in [-0.2, 0) is 0 Å². The summed E-state index contributed by atoms with van der Waals surface area (Å²) in [6, 6.07) is 0. The molecule has 0 fully saturated rings. The highest BCUT2D eigenvalue weighted by atomic mass is 32.1. The minimum Gasteiger partial charge on any atom is -0.316 e. The third kappa shape index (κ3) is 4.27. The number of hydrogen-bond donors (Lipinski definition) is 3. The van der Waals surface area contributed by atoms with E-state index in [-0.39, 0.29) is 6.17 Å². The average molecular weight is 106 g/mol. The van der Waals surface area contributed by atoms with Gasteiger partial charge in [0.2, 0.25) is 0 Å². The summed E-state index contributed by atoms with van der Waals surface area (Å²) in [5.41, 5.74) is 10.3. The molecule has 0 aromatic heterocycles. The van der Waals surface area contributed by atoms with Gasteiger partial charge in [0.25, 0.3) is 0 Å². The summed E-state index contributed by atoms with van der Waals surface area (Å²) < 4.78 is 0. The first-order chi connectivity index (χ1) is 2.77. The monoisotopic (exact) mass is 106 g/mol. The SMILES string of the molecule is NC(N)CCS. The molecule has 0 aliphatic rings. The zero-order valence-corrected chi connectivity index (χ0v) is 4.49. The van der Waals surface area contributed by atoms with Crippen molar-refractivity contribution in [2.24, 2.45) is 11.5 Å². The lowest BCUT2D eigenvalue weighted by Crippen LogP contribution is -2.30. The number of nitrogens with two attached hydrogens (primary N) is 2. The van der Waals surface area contributed by atoms with Crippen LogP contribution in [0.15, 0.2) is 0 Å². The van der Waals surface area contributed by atoms with Gasteiger partial charge in [-0.3, -0.25) is 0 Å². The summed E-state index contributed by atoms with van der Waals surface area (Å²) in [7, 11) is 0. The maximum Gasteiger partial charge on any atom is 0.0528 e. The third-order valence-corrected chi connectivity index (χ3v) is 0.721. The van der Waals surface area contributed by atoms with Gasteiger partial charge in [-0.25, -0.2) is 0 Å². The number of hydrogen-bond acceptors (Lipinski definition) is 3. The molecule has 0 amide bonds. The van der Waals surface area contributed by atoms with Crippen LogP contribution in [0.5, 0.6) is 0 Å². The minimum absolute atomic E-state index is 0.178. The summed E-state index contributed by atoms with van der Waals surface area (Å²) >= 11 is 3.90. The standard InChI is InChI=1S/C3H10N2S/c4-3(5)1-2-6/h3,6H,1-2,4-5H2. The largest absolute Gasteiger partial charge is 0.316 e. The van der Waals surface area contributed by atoms with E-state index in [0.29, 0.717) is 0 Å². The Morgan fingerprint density at radius 1 is 1.50 bits per heavy atom. The smallest absolute Gasteiger partial charge is 0.0528 e. The van der Waals surface area contributed by atoms with E-state index in [1.54, 1.807) is 0 Å². The maximum atomic E-state index is 5.13. The zero-order chi connectivity index (χ0) is 4.99. The van der Waals surface area contributed by atoms with E-state index in [1.165, 1.54) is 0 Å². The second kappa shape index (κ2) is 3.46. The number of rotatable bonds is 2. The fourth-order valence-corrected chi connectivity index (χ4v) is 0.447. The predicted octanol–water partition coefficient (Wildman–Crippen LogP) is -0.450.